The fourth-order valence-corrected chi connectivity index (χ4v) is 2.42. The summed E-state index contributed by atoms with van der Waals surface area (Å²) < 4.78 is 4.75. The number of carbonyl (C=O) groups is 1. The van der Waals surface area contributed by atoms with Gasteiger partial charge in [0, 0.05) is 23.8 Å². The summed E-state index contributed by atoms with van der Waals surface area (Å²) in [4.78, 5) is 19.9. The van der Waals surface area contributed by atoms with Crippen molar-refractivity contribution in [1.29, 1.82) is 0 Å². The lowest BCUT2D eigenvalue weighted by molar-refractivity contribution is 0.0601. The molecular weight excluding hydrogens is 262 g/mol. The number of carbonyl (C=O) groups excluding carboxylic acids is 1. The van der Waals surface area contributed by atoms with Crippen molar-refractivity contribution < 1.29 is 9.53 Å². The number of methoxy groups -OCH3 is 1. The van der Waals surface area contributed by atoms with Gasteiger partial charge in [0.1, 0.15) is 5.03 Å². The van der Waals surface area contributed by atoms with E-state index in [9.17, 15) is 4.79 Å². The topological polar surface area (TPSA) is 78.1 Å². The third-order valence-corrected chi connectivity index (χ3v) is 3.45. The number of ether oxygens (including phenoxy) is 1. The number of hydrogen-bond donors (Lipinski definition) is 1. The lowest BCUT2D eigenvalue weighted by Crippen LogP contribution is -2.09. The molecule has 2 rings (SSSR count). The number of esters is 1. The van der Waals surface area contributed by atoms with Crippen molar-refractivity contribution in [3.05, 3.63) is 47.9 Å². The predicted octanol–water partition coefficient (Wildman–Crippen LogP) is 2.14. The van der Waals surface area contributed by atoms with Gasteiger partial charge in [0.05, 0.1) is 18.9 Å². The molecule has 0 aliphatic heterocycles. The standard InChI is InChI=1S/C13H13N3O2S/c1-18-13(17)12-9(3-2-4-10(12)14)8-19-11-7-15-5-6-16-11/h2-7H,8,14H2,1H3. The molecule has 0 saturated carbocycles. The number of rotatable bonds is 4. The minimum Gasteiger partial charge on any atom is -0.465 e. The van der Waals surface area contributed by atoms with Crippen LogP contribution in [0.25, 0.3) is 0 Å². The Labute approximate surface area is 115 Å². The highest BCUT2D eigenvalue weighted by Gasteiger charge is 2.15. The summed E-state index contributed by atoms with van der Waals surface area (Å²) in [6.07, 6.45) is 4.92. The van der Waals surface area contributed by atoms with Crippen LogP contribution in [0.15, 0.2) is 41.8 Å². The Morgan fingerprint density at radius 1 is 1.42 bits per heavy atom. The minimum atomic E-state index is -0.423. The maximum atomic E-state index is 11.7. The third-order valence-electron chi connectivity index (χ3n) is 2.49. The van der Waals surface area contributed by atoms with Gasteiger partial charge in [-0.15, -0.1) is 11.8 Å². The van der Waals surface area contributed by atoms with Crippen LogP contribution in [0.2, 0.25) is 0 Å². The summed E-state index contributed by atoms with van der Waals surface area (Å²) in [5.41, 5.74) is 7.49. The Hall–Kier alpha value is -2.08. The van der Waals surface area contributed by atoms with Gasteiger partial charge in [-0.25, -0.2) is 9.78 Å². The zero-order chi connectivity index (χ0) is 13.7. The molecule has 2 N–H and O–H groups in total. The van der Waals surface area contributed by atoms with E-state index in [2.05, 4.69) is 9.97 Å². The fourth-order valence-electron chi connectivity index (χ4n) is 1.60. The second-order valence-electron chi connectivity index (χ2n) is 3.71. The van der Waals surface area contributed by atoms with Crippen molar-refractivity contribution in [3.8, 4) is 0 Å². The number of benzene rings is 1. The first-order valence-corrected chi connectivity index (χ1v) is 6.55. The lowest BCUT2D eigenvalue weighted by atomic mass is 10.1. The smallest absolute Gasteiger partial charge is 0.340 e. The molecule has 0 fully saturated rings. The highest BCUT2D eigenvalue weighted by Crippen LogP contribution is 2.25. The molecule has 0 amide bonds. The minimum absolute atomic E-state index is 0.418. The summed E-state index contributed by atoms with van der Waals surface area (Å²) in [6, 6.07) is 5.35. The van der Waals surface area contributed by atoms with Gasteiger partial charge in [0.2, 0.25) is 0 Å². The van der Waals surface area contributed by atoms with Crippen LogP contribution < -0.4 is 5.73 Å². The second-order valence-corrected chi connectivity index (χ2v) is 4.70. The van der Waals surface area contributed by atoms with Crippen LogP contribution in [0.3, 0.4) is 0 Å². The molecule has 2 aromatic rings. The summed E-state index contributed by atoms with van der Waals surface area (Å²) in [6.45, 7) is 0. The van der Waals surface area contributed by atoms with Crippen LogP contribution in [0.5, 0.6) is 0 Å². The number of aromatic nitrogens is 2. The molecule has 0 bridgehead atoms. The van der Waals surface area contributed by atoms with Gasteiger partial charge < -0.3 is 10.5 Å². The van der Waals surface area contributed by atoms with Crippen LogP contribution in [0.4, 0.5) is 5.69 Å². The quantitative estimate of drug-likeness (QED) is 0.523. The van der Waals surface area contributed by atoms with Gasteiger partial charge in [-0.1, -0.05) is 12.1 Å². The first kappa shape index (κ1) is 13.4. The van der Waals surface area contributed by atoms with Crippen molar-refractivity contribution in [2.24, 2.45) is 0 Å². The molecule has 0 unspecified atom stereocenters. The largest absolute Gasteiger partial charge is 0.465 e. The van der Waals surface area contributed by atoms with Gasteiger partial charge in [-0.2, -0.15) is 0 Å². The first-order valence-electron chi connectivity index (χ1n) is 5.57. The number of hydrogen-bond acceptors (Lipinski definition) is 6. The Morgan fingerprint density at radius 2 is 2.26 bits per heavy atom. The molecule has 5 nitrogen and oxygen atoms in total. The molecule has 0 aliphatic rings. The first-order chi connectivity index (χ1) is 9.22. The highest BCUT2D eigenvalue weighted by molar-refractivity contribution is 7.98. The lowest BCUT2D eigenvalue weighted by Gasteiger charge is -2.09. The Morgan fingerprint density at radius 3 is 2.95 bits per heavy atom. The zero-order valence-corrected chi connectivity index (χ0v) is 11.2. The van der Waals surface area contributed by atoms with E-state index in [0.717, 1.165) is 10.6 Å². The average Bonchev–Trinajstić information content (AvgIpc) is 2.45. The van der Waals surface area contributed by atoms with E-state index in [4.69, 9.17) is 10.5 Å². The fraction of sp³-hybridized carbons (Fsp3) is 0.154. The molecule has 0 atom stereocenters. The number of thioether (sulfide) groups is 1. The molecule has 19 heavy (non-hydrogen) atoms. The molecule has 0 spiro atoms. The van der Waals surface area contributed by atoms with E-state index >= 15 is 0 Å². The van der Waals surface area contributed by atoms with E-state index in [0.29, 0.717) is 17.0 Å². The summed E-state index contributed by atoms with van der Waals surface area (Å²) in [5, 5.41) is 0.792. The summed E-state index contributed by atoms with van der Waals surface area (Å²) >= 11 is 1.49. The second kappa shape index (κ2) is 6.19. The number of anilines is 1. The number of nitrogens with zero attached hydrogens (tertiary/aromatic N) is 2. The monoisotopic (exact) mass is 275 g/mol. The van der Waals surface area contributed by atoms with Crippen molar-refractivity contribution >= 4 is 23.4 Å². The maximum absolute atomic E-state index is 11.7. The SMILES string of the molecule is COC(=O)c1c(N)cccc1CSc1cnccn1. The van der Waals surface area contributed by atoms with Crippen LogP contribution in [-0.4, -0.2) is 23.0 Å². The molecule has 0 aliphatic carbocycles. The van der Waals surface area contributed by atoms with Gasteiger partial charge in [0.25, 0.3) is 0 Å². The maximum Gasteiger partial charge on any atom is 0.340 e. The molecule has 98 valence electrons. The van der Waals surface area contributed by atoms with E-state index in [1.165, 1.54) is 18.9 Å². The normalized spacial score (nSPS) is 10.2. The number of nitrogens with two attached hydrogens (primary N) is 1. The van der Waals surface area contributed by atoms with Gasteiger partial charge >= 0.3 is 5.97 Å². The van der Waals surface area contributed by atoms with E-state index in [1.807, 2.05) is 12.1 Å². The van der Waals surface area contributed by atoms with Crippen LogP contribution in [-0.2, 0) is 10.5 Å². The average molecular weight is 275 g/mol. The Kier molecular flexibility index (Phi) is 4.35. The molecule has 1 aromatic carbocycles. The summed E-state index contributed by atoms with van der Waals surface area (Å²) in [5.74, 6) is 0.154. The zero-order valence-electron chi connectivity index (χ0n) is 10.4. The number of nitrogen functional groups attached to an aromatic ring is 1. The molecule has 0 saturated heterocycles. The van der Waals surface area contributed by atoms with Crippen LogP contribution in [0.1, 0.15) is 15.9 Å². The Bertz CT molecular complexity index is 575. The molecular formula is C13H13N3O2S. The predicted molar refractivity (Wildman–Crippen MR) is 73.8 cm³/mol. The van der Waals surface area contributed by atoms with E-state index < -0.39 is 5.97 Å². The van der Waals surface area contributed by atoms with Crippen molar-refractivity contribution in [1.82, 2.24) is 9.97 Å². The van der Waals surface area contributed by atoms with Gasteiger partial charge in [-0.3, -0.25) is 4.98 Å². The summed E-state index contributed by atoms with van der Waals surface area (Å²) in [7, 11) is 1.34. The van der Waals surface area contributed by atoms with Gasteiger partial charge in [-0.05, 0) is 11.6 Å². The molecule has 0 radical (unpaired) electrons. The Balaban J connectivity index is 2.21. The van der Waals surface area contributed by atoms with Crippen LogP contribution in [0, 0.1) is 0 Å². The third kappa shape index (κ3) is 3.23. The van der Waals surface area contributed by atoms with Crippen molar-refractivity contribution in [2.45, 2.75) is 10.8 Å². The van der Waals surface area contributed by atoms with Crippen molar-refractivity contribution in [2.75, 3.05) is 12.8 Å². The van der Waals surface area contributed by atoms with E-state index in [1.54, 1.807) is 24.7 Å². The molecule has 1 aromatic heterocycles. The van der Waals surface area contributed by atoms with E-state index in [-0.39, 0.29) is 0 Å². The molecule has 6 heteroatoms. The van der Waals surface area contributed by atoms with Crippen molar-refractivity contribution in [3.63, 3.8) is 0 Å². The highest BCUT2D eigenvalue weighted by atomic mass is 32.2. The van der Waals surface area contributed by atoms with Crippen LogP contribution >= 0.6 is 11.8 Å². The molecule has 1 heterocycles. The van der Waals surface area contributed by atoms with Gasteiger partial charge in [0.15, 0.2) is 0 Å².